The molecule has 1 aromatic rings. The molecule has 0 saturated carbocycles. The first-order valence-corrected chi connectivity index (χ1v) is 8.32. The van der Waals surface area contributed by atoms with Gasteiger partial charge in [0, 0.05) is 24.7 Å². The van der Waals surface area contributed by atoms with E-state index in [-0.39, 0.29) is 44.2 Å². The summed E-state index contributed by atoms with van der Waals surface area (Å²) in [6.45, 7) is 2.26. The Morgan fingerprint density at radius 3 is 2.26 bits per heavy atom. The van der Waals surface area contributed by atoms with Gasteiger partial charge in [0.1, 0.15) is 5.75 Å². The lowest BCUT2D eigenvalue weighted by Crippen LogP contribution is -2.49. The van der Waals surface area contributed by atoms with Crippen LogP contribution in [0, 0.1) is 0 Å². The number of likely N-dealkylation sites (tertiary alicyclic amines) is 1. The molecule has 148 valence electrons. The van der Waals surface area contributed by atoms with Gasteiger partial charge < -0.3 is 19.7 Å². The van der Waals surface area contributed by atoms with Gasteiger partial charge in [0.05, 0.1) is 6.61 Å². The second-order valence-corrected chi connectivity index (χ2v) is 5.85. The Morgan fingerprint density at radius 2 is 1.74 bits per heavy atom. The molecule has 0 atom stereocenters. The number of carbonyl (C=O) groups is 3. The summed E-state index contributed by atoms with van der Waals surface area (Å²) < 4.78 is 46.3. The lowest BCUT2D eigenvalue weighted by molar-refractivity contribution is -0.174. The van der Waals surface area contributed by atoms with E-state index in [0.29, 0.717) is 5.56 Å². The molecule has 1 heterocycles. The first-order valence-electron chi connectivity index (χ1n) is 8.32. The average Bonchev–Trinajstić information content (AvgIpc) is 2.62. The topological polar surface area (TPSA) is 84.9 Å². The number of piperidine rings is 1. The van der Waals surface area contributed by atoms with E-state index in [1.807, 2.05) is 5.32 Å². The van der Waals surface area contributed by atoms with Gasteiger partial charge in [-0.2, -0.15) is 13.2 Å². The predicted octanol–water partition coefficient (Wildman–Crippen LogP) is 2.51. The lowest BCUT2D eigenvalue weighted by atomic mass is 10.0. The third-order valence-corrected chi connectivity index (χ3v) is 3.94. The summed E-state index contributed by atoms with van der Waals surface area (Å²) in [5, 5.41) is 1.93. The average molecular weight is 388 g/mol. The Bertz CT molecular complexity index is 683. The molecule has 1 aromatic carbocycles. The molecule has 0 unspecified atom stereocenters. The Hall–Kier alpha value is -2.78. The van der Waals surface area contributed by atoms with Crippen LogP contribution in [0.5, 0.6) is 5.75 Å². The molecule has 0 bridgehead atoms. The highest BCUT2D eigenvalue weighted by Crippen LogP contribution is 2.19. The highest BCUT2D eigenvalue weighted by Gasteiger charge is 2.40. The van der Waals surface area contributed by atoms with Crippen LogP contribution in [0.25, 0.3) is 0 Å². The molecular weight excluding hydrogens is 369 g/mol. The second-order valence-electron chi connectivity index (χ2n) is 5.85. The molecule has 1 aliphatic rings. The smallest absolute Gasteiger partial charge is 0.434 e. The molecule has 0 radical (unpaired) electrons. The van der Waals surface area contributed by atoms with Gasteiger partial charge in [0.2, 0.25) is 0 Å². The maximum absolute atomic E-state index is 12.4. The van der Waals surface area contributed by atoms with Gasteiger partial charge in [-0.3, -0.25) is 9.59 Å². The molecule has 2 rings (SSSR count). The van der Waals surface area contributed by atoms with Crippen molar-refractivity contribution >= 4 is 18.0 Å². The van der Waals surface area contributed by atoms with E-state index < -0.39 is 24.3 Å². The maximum Gasteiger partial charge on any atom is 0.513 e. The van der Waals surface area contributed by atoms with Gasteiger partial charge in [0.15, 0.2) is 0 Å². The van der Waals surface area contributed by atoms with Gasteiger partial charge in [-0.1, -0.05) is 0 Å². The van der Waals surface area contributed by atoms with Gasteiger partial charge in [-0.25, -0.2) is 4.79 Å². The normalized spacial score (nSPS) is 15.2. The van der Waals surface area contributed by atoms with E-state index in [9.17, 15) is 27.6 Å². The van der Waals surface area contributed by atoms with Gasteiger partial charge >= 0.3 is 18.2 Å². The molecule has 27 heavy (non-hydrogen) atoms. The number of benzene rings is 1. The van der Waals surface area contributed by atoms with Crippen LogP contribution < -0.4 is 10.1 Å². The van der Waals surface area contributed by atoms with Crippen molar-refractivity contribution in [3.05, 3.63) is 29.8 Å². The quantitative estimate of drug-likeness (QED) is 0.633. The fraction of sp³-hybridized carbons (Fsp3) is 0.471. The number of nitrogens with one attached hydrogen (secondary N) is 1. The van der Waals surface area contributed by atoms with Crippen molar-refractivity contribution in [1.82, 2.24) is 10.2 Å². The van der Waals surface area contributed by atoms with Gasteiger partial charge in [-0.05, 0) is 44.0 Å². The molecule has 1 fully saturated rings. The van der Waals surface area contributed by atoms with Gasteiger partial charge in [-0.15, -0.1) is 0 Å². The lowest BCUT2D eigenvalue weighted by Gasteiger charge is -2.32. The highest BCUT2D eigenvalue weighted by molar-refractivity contribution is 5.94. The minimum absolute atomic E-state index is 0.175. The summed E-state index contributed by atoms with van der Waals surface area (Å²) >= 11 is 0. The summed E-state index contributed by atoms with van der Waals surface area (Å²) in [5.74, 6) is -2.04. The number of amides is 2. The zero-order valence-electron chi connectivity index (χ0n) is 14.5. The minimum Gasteiger partial charge on any atom is -0.434 e. The van der Waals surface area contributed by atoms with Crippen molar-refractivity contribution in [2.24, 2.45) is 0 Å². The molecule has 10 heteroatoms. The largest absolute Gasteiger partial charge is 0.513 e. The van der Waals surface area contributed by atoms with Crippen LogP contribution in [0.3, 0.4) is 0 Å². The van der Waals surface area contributed by atoms with Crippen LogP contribution in [-0.2, 0) is 9.53 Å². The van der Waals surface area contributed by atoms with Crippen LogP contribution in [0.2, 0.25) is 0 Å². The highest BCUT2D eigenvalue weighted by atomic mass is 19.4. The van der Waals surface area contributed by atoms with Crippen molar-refractivity contribution in [3.63, 3.8) is 0 Å². The molecule has 7 nitrogen and oxygen atoms in total. The SMILES string of the molecule is CCOC(=O)Oc1ccc(C(=O)N2CCC(NC(=O)C(F)(F)F)CC2)cc1. The summed E-state index contributed by atoms with van der Waals surface area (Å²) in [5.41, 5.74) is 0.351. The number of ether oxygens (including phenoxy) is 2. The van der Waals surface area contributed by atoms with E-state index >= 15 is 0 Å². The summed E-state index contributed by atoms with van der Waals surface area (Å²) in [6, 6.07) is 5.23. The maximum atomic E-state index is 12.4. The zero-order chi connectivity index (χ0) is 20.0. The number of hydrogen-bond donors (Lipinski definition) is 1. The molecule has 0 aromatic heterocycles. The van der Waals surface area contributed by atoms with Crippen LogP contribution in [0.4, 0.5) is 18.0 Å². The van der Waals surface area contributed by atoms with Crippen molar-refractivity contribution in [2.75, 3.05) is 19.7 Å². The second kappa shape index (κ2) is 8.74. The predicted molar refractivity (Wildman–Crippen MR) is 87.2 cm³/mol. The third kappa shape index (κ3) is 5.87. The first kappa shape index (κ1) is 20.5. The fourth-order valence-corrected chi connectivity index (χ4v) is 2.59. The zero-order valence-corrected chi connectivity index (χ0v) is 14.5. The van der Waals surface area contributed by atoms with E-state index in [0.717, 1.165) is 0 Å². The van der Waals surface area contributed by atoms with Crippen LogP contribution in [0.1, 0.15) is 30.1 Å². The molecule has 1 aliphatic heterocycles. The van der Waals surface area contributed by atoms with Crippen molar-refractivity contribution < 1.29 is 37.0 Å². The summed E-state index contributed by atoms with van der Waals surface area (Å²) in [6.07, 6.45) is -5.30. The number of alkyl halides is 3. The monoisotopic (exact) mass is 388 g/mol. The van der Waals surface area contributed by atoms with Crippen LogP contribution in [-0.4, -0.2) is 54.8 Å². The Labute approximate surface area is 153 Å². The third-order valence-electron chi connectivity index (χ3n) is 3.94. The number of halogens is 3. The van der Waals surface area contributed by atoms with E-state index in [4.69, 9.17) is 4.74 Å². The Balaban J connectivity index is 1.86. The molecule has 0 aliphatic carbocycles. The van der Waals surface area contributed by atoms with Crippen LogP contribution >= 0.6 is 0 Å². The van der Waals surface area contributed by atoms with Crippen molar-refractivity contribution in [1.29, 1.82) is 0 Å². The number of rotatable bonds is 4. The molecular formula is C17H19F3N2O5. The molecule has 1 N–H and O–H groups in total. The fourth-order valence-electron chi connectivity index (χ4n) is 2.59. The van der Waals surface area contributed by atoms with Gasteiger partial charge in [0.25, 0.3) is 5.91 Å². The number of hydrogen-bond acceptors (Lipinski definition) is 5. The molecule has 0 spiro atoms. The van der Waals surface area contributed by atoms with E-state index in [2.05, 4.69) is 4.74 Å². The Morgan fingerprint density at radius 1 is 1.15 bits per heavy atom. The number of nitrogens with zero attached hydrogens (tertiary/aromatic N) is 1. The van der Waals surface area contributed by atoms with Crippen LogP contribution in [0.15, 0.2) is 24.3 Å². The summed E-state index contributed by atoms with van der Waals surface area (Å²) in [7, 11) is 0. The van der Waals surface area contributed by atoms with E-state index in [1.165, 1.54) is 29.2 Å². The molecule has 2 amide bonds. The van der Waals surface area contributed by atoms with Crippen molar-refractivity contribution in [3.8, 4) is 5.75 Å². The Kier molecular flexibility index (Phi) is 6.65. The minimum atomic E-state index is -4.92. The summed E-state index contributed by atoms with van der Waals surface area (Å²) in [4.78, 5) is 36.1. The first-order chi connectivity index (χ1) is 12.7. The standard InChI is InChI=1S/C17H19F3N2O5/c1-2-26-16(25)27-13-5-3-11(4-6-13)14(23)22-9-7-12(8-10-22)21-15(24)17(18,19)20/h3-6,12H,2,7-10H2,1H3,(H,21,24). The van der Waals surface area contributed by atoms with E-state index in [1.54, 1.807) is 6.92 Å². The number of carbonyl (C=O) groups excluding carboxylic acids is 3. The van der Waals surface area contributed by atoms with Crippen molar-refractivity contribution in [2.45, 2.75) is 32.0 Å². The molecule has 1 saturated heterocycles.